The molecule has 27 heavy (non-hydrogen) atoms. The number of aryl methyl sites for hydroxylation is 1. The van der Waals surface area contributed by atoms with E-state index in [2.05, 4.69) is 4.57 Å². The summed E-state index contributed by atoms with van der Waals surface area (Å²) in [4.78, 5) is 26.4. The molecule has 0 unspecified atom stereocenters. The average Bonchev–Trinajstić information content (AvgIpc) is 2.84. The zero-order valence-electron chi connectivity index (χ0n) is 16.5. The number of anilines is 1. The van der Waals surface area contributed by atoms with Crippen molar-refractivity contribution in [1.82, 2.24) is 4.57 Å². The van der Waals surface area contributed by atoms with Crippen LogP contribution in [0, 0.1) is 13.8 Å². The van der Waals surface area contributed by atoms with Gasteiger partial charge in [-0.25, -0.2) is 9.59 Å². The highest BCUT2D eigenvalue weighted by molar-refractivity contribution is 6.18. The van der Waals surface area contributed by atoms with Crippen molar-refractivity contribution in [2.45, 2.75) is 33.5 Å². The van der Waals surface area contributed by atoms with E-state index in [-0.39, 0.29) is 5.57 Å². The molecule has 0 aliphatic carbocycles. The summed E-state index contributed by atoms with van der Waals surface area (Å²) in [7, 11) is 3.99. The van der Waals surface area contributed by atoms with Crippen LogP contribution in [0.2, 0.25) is 0 Å². The minimum Gasteiger partial charge on any atom is -0.419 e. The molecule has 0 bridgehead atoms. The van der Waals surface area contributed by atoms with E-state index in [1.165, 1.54) is 19.9 Å². The fourth-order valence-corrected chi connectivity index (χ4v) is 3.16. The summed E-state index contributed by atoms with van der Waals surface area (Å²) < 4.78 is 12.4. The summed E-state index contributed by atoms with van der Waals surface area (Å²) in [5.41, 5.74) is 4.71. The van der Waals surface area contributed by atoms with Gasteiger partial charge >= 0.3 is 11.9 Å². The number of ether oxygens (including phenoxy) is 2. The number of esters is 2. The van der Waals surface area contributed by atoms with Crippen LogP contribution < -0.4 is 4.90 Å². The molecule has 0 N–H and O–H groups in total. The Morgan fingerprint density at radius 2 is 1.56 bits per heavy atom. The molecule has 2 aromatic rings. The molecule has 1 saturated heterocycles. The molecular weight excluding hydrogens is 344 g/mol. The highest BCUT2D eigenvalue weighted by Gasteiger charge is 2.39. The lowest BCUT2D eigenvalue weighted by Crippen LogP contribution is -2.41. The van der Waals surface area contributed by atoms with Crippen LogP contribution in [0.25, 0.3) is 11.8 Å². The minimum absolute atomic E-state index is 0.0995. The van der Waals surface area contributed by atoms with Crippen molar-refractivity contribution in [3.8, 4) is 5.69 Å². The van der Waals surface area contributed by atoms with Crippen molar-refractivity contribution in [3.05, 3.63) is 52.9 Å². The first kappa shape index (κ1) is 18.8. The molecule has 0 atom stereocenters. The molecule has 6 heteroatoms. The molecule has 6 nitrogen and oxygen atoms in total. The Morgan fingerprint density at radius 3 is 2.07 bits per heavy atom. The molecule has 0 saturated carbocycles. The van der Waals surface area contributed by atoms with Crippen LogP contribution in [0.15, 0.2) is 35.9 Å². The summed E-state index contributed by atoms with van der Waals surface area (Å²) >= 11 is 0. The van der Waals surface area contributed by atoms with Crippen molar-refractivity contribution in [2.24, 2.45) is 0 Å². The first-order chi connectivity index (χ1) is 12.6. The lowest BCUT2D eigenvalue weighted by Gasteiger charge is -2.29. The number of rotatable bonds is 3. The zero-order chi connectivity index (χ0) is 19.9. The van der Waals surface area contributed by atoms with E-state index in [1.54, 1.807) is 0 Å². The van der Waals surface area contributed by atoms with Crippen LogP contribution in [0.3, 0.4) is 0 Å². The maximum absolute atomic E-state index is 12.2. The Labute approximate surface area is 159 Å². The van der Waals surface area contributed by atoms with Crippen molar-refractivity contribution < 1.29 is 19.1 Å². The Balaban J connectivity index is 1.99. The molecule has 142 valence electrons. The number of hydrogen-bond acceptors (Lipinski definition) is 5. The van der Waals surface area contributed by atoms with Gasteiger partial charge in [0, 0.05) is 50.7 Å². The molecule has 0 radical (unpaired) electrons. The van der Waals surface area contributed by atoms with Gasteiger partial charge in [-0.1, -0.05) is 0 Å². The standard InChI is InChI=1S/C21H24N2O4/c1-13-11-15(12-18-19(24)26-21(3,4)27-20(18)25)14(2)23(13)17-9-7-16(8-10-17)22(5)6/h7-12H,1-6H3. The molecule has 3 rings (SSSR count). The number of carbonyl (C=O) groups excluding carboxylic acids is 2. The van der Waals surface area contributed by atoms with Gasteiger partial charge in [0.1, 0.15) is 5.57 Å². The second-order valence-electron chi connectivity index (χ2n) is 7.31. The quantitative estimate of drug-likeness (QED) is 0.472. The summed E-state index contributed by atoms with van der Waals surface area (Å²) in [5, 5.41) is 0. The van der Waals surface area contributed by atoms with Crippen molar-refractivity contribution in [1.29, 1.82) is 0 Å². The molecule has 1 aromatic heterocycles. The molecule has 1 aliphatic heterocycles. The predicted molar refractivity (Wildman–Crippen MR) is 104 cm³/mol. The van der Waals surface area contributed by atoms with E-state index in [0.717, 1.165) is 28.3 Å². The summed E-state index contributed by atoms with van der Waals surface area (Å²) in [6, 6.07) is 10.1. The predicted octanol–water partition coefficient (Wildman–Crippen LogP) is 3.38. The number of benzene rings is 1. The maximum Gasteiger partial charge on any atom is 0.348 e. The first-order valence-electron chi connectivity index (χ1n) is 8.74. The molecular formula is C21H24N2O4. The molecule has 1 aromatic carbocycles. The van der Waals surface area contributed by atoms with Gasteiger partial charge in [-0.05, 0) is 55.8 Å². The average molecular weight is 368 g/mol. The van der Waals surface area contributed by atoms with Crippen LogP contribution >= 0.6 is 0 Å². The van der Waals surface area contributed by atoms with E-state index in [4.69, 9.17) is 9.47 Å². The van der Waals surface area contributed by atoms with Gasteiger partial charge in [0.25, 0.3) is 5.79 Å². The van der Waals surface area contributed by atoms with Gasteiger partial charge in [-0.2, -0.15) is 0 Å². The van der Waals surface area contributed by atoms with Crippen LogP contribution in [0.1, 0.15) is 30.8 Å². The Morgan fingerprint density at radius 1 is 1.00 bits per heavy atom. The van der Waals surface area contributed by atoms with E-state index in [9.17, 15) is 9.59 Å². The van der Waals surface area contributed by atoms with Crippen LogP contribution in [-0.4, -0.2) is 36.4 Å². The topological polar surface area (TPSA) is 60.8 Å². The second-order valence-corrected chi connectivity index (χ2v) is 7.31. The molecule has 0 spiro atoms. The number of hydrogen-bond donors (Lipinski definition) is 0. The van der Waals surface area contributed by atoms with Crippen LogP contribution in [0.5, 0.6) is 0 Å². The molecule has 0 amide bonds. The summed E-state index contributed by atoms with van der Waals surface area (Å²) in [6.07, 6.45) is 1.53. The third-order valence-electron chi connectivity index (χ3n) is 4.51. The van der Waals surface area contributed by atoms with E-state index >= 15 is 0 Å². The van der Waals surface area contributed by atoms with Crippen LogP contribution in [0.4, 0.5) is 5.69 Å². The number of carbonyl (C=O) groups is 2. The van der Waals surface area contributed by atoms with Gasteiger partial charge < -0.3 is 18.9 Å². The van der Waals surface area contributed by atoms with E-state index < -0.39 is 17.7 Å². The lowest BCUT2D eigenvalue weighted by molar-refractivity contribution is -0.222. The van der Waals surface area contributed by atoms with Gasteiger partial charge in [0.05, 0.1) is 0 Å². The fraction of sp³-hybridized carbons (Fsp3) is 0.333. The lowest BCUT2D eigenvalue weighted by atomic mass is 10.1. The second kappa shape index (κ2) is 6.61. The molecule has 2 heterocycles. The molecule has 1 fully saturated rings. The van der Waals surface area contributed by atoms with E-state index in [0.29, 0.717) is 0 Å². The van der Waals surface area contributed by atoms with Gasteiger partial charge in [0.15, 0.2) is 0 Å². The fourth-order valence-electron chi connectivity index (χ4n) is 3.16. The van der Waals surface area contributed by atoms with Crippen LogP contribution in [-0.2, 0) is 19.1 Å². The first-order valence-corrected chi connectivity index (χ1v) is 8.74. The Hall–Kier alpha value is -3.02. The van der Waals surface area contributed by atoms with Gasteiger partial charge in [-0.15, -0.1) is 0 Å². The maximum atomic E-state index is 12.2. The van der Waals surface area contributed by atoms with Crippen molar-refractivity contribution >= 4 is 23.7 Å². The SMILES string of the molecule is Cc1cc(C=C2C(=O)OC(C)(C)OC2=O)c(C)n1-c1ccc(N(C)C)cc1. The number of cyclic esters (lactones) is 2. The largest absolute Gasteiger partial charge is 0.419 e. The smallest absolute Gasteiger partial charge is 0.348 e. The highest BCUT2D eigenvalue weighted by Crippen LogP contribution is 2.28. The third-order valence-corrected chi connectivity index (χ3v) is 4.51. The summed E-state index contributed by atoms with van der Waals surface area (Å²) in [5.74, 6) is -2.58. The third kappa shape index (κ3) is 3.60. The van der Waals surface area contributed by atoms with Gasteiger partial charge in [0.2, 0.25) is 0 Å². The summed E-state index contributed by atoms with van der Waals surface area (Å²) in [6.45, 7) is 6.99. The Bertz CT molecular complexity index is 912. The molecule has 1 aliphatic rings. The Kier molecular flexibility index (Phi) is 4.59. The monoisotopic (exact) mass is 368 g/mol. The van der Waals surface area contributed by atoms with Crippen molar-refractivity contribution in [3.63, 3.8) is 0 Å². The van der Waals surface area contributed by atoms with Gasteiger partial charge in [-0.3, -0.25) is 0 Å². The number of nitrogens with zero attached hydrogens (tertiary/aromatic N) is 2. The highest BCUT2D eigenvalue weighted by atomic mass is 16.7. The normalized spacial score (nSPS) is 16.0. The minimum atomic E-state index is -1.24. The zero-order valence-corrected chi connectivity index (χ0v) is 16.5. The number of aromatic nitrogens is 1. The van der Waals surface area contributed by atoms with E-state index in [1.807, 2.05) is 63.2 Å². The van der Waals surface area contributed by atoms with Crippen molar-refractivity contribution in [2.75, 3.05) is 19.0 Å².